The molecule has 3 heterocycles. The van der Waals surface area contributed by atoms with Crippen LogP contribution in [0.25, 0.3) is 15.5 Å². The van der Waals surface area contributed by atoms with E-state index in [0.717, 1.165) is 19.4 Å². The Labute approximate surface area is 123 Å². The fraction of sp³-hybridized carbons (Fsp3) is 0.308. The monoisotopic (exact) mass is 304 g/mol. The summed E-state index contributed by atoms with van der Waals surface area (Å²) in [6.45, 7) is 0.731. The molecule has 21 heavy (non-hydrogen) atoms. The second kappa shape index (κ2) is 4.68. The summed E-state index contributed by atoms with van der Waals surface area (Å²) in [6.07, 6.45) is 1.86. The van der Waals surface area contributed by atoms with Gasteiger partial charge in [-0.1, -0.05) is 11.3 Å². The van der Waals surface area contributed by atoms with E-state index in [1.807, 2.05) is 0 Å². The third kappa shape index (κ3) is 2.03. The number of hydrogen-bond donors (Lipinski definition) is 2. The first-order valence-electron chi connectivity index (χ1n) is 6.58. The fourth-order valence-corrected chi connectivity index (χ4v) is 3.30. The zero-order valence-electron chi connectivity index (χ0n) is 10.9. The topological polar surface area (TPSA) is 92.8 Å². The summed E-state index contributed by atoms with van der Waals surface area (Å²) >= 11 is 1.33. The van der Waals surface area contributed by atoms with E-state index in [0.29, 0.717) is 21.4 Å². The Morgan fingerprint density at radius 2 is 2.19 bits per heavy atom. The van der Waals surface area contributed by atoms with Crippen LogP contribution >= 0.6 is 11.3 Å². The van der Waals surface area contributed by atoms with Crippen LogP contribution < -0.4 is 0 Å². The van der Waals surface area contributed by atoms with Gasteiger partial charge in [-0.25, -0.2) is 0 Å². The van der Waals surface area contributed by atoms with Gasteiger partial charge in [0.2, 0.25) is 4.96 Å². The van der Waals surface area contributed by atoms with E-state index in [-0.39, 0.29) is 17.6 Å². The van der Waals surface area contributed by atoms with Gasteiger partial charge >= 0.3 is 0 Å². The van der Waals surface area contributed by atoms with Crippen LogP contribution in [0.15, 0.2) is 18.2 Å². The molecular formula is C13H12N4O3S. The average Bonchev–Trinajstić information content (AvgIpc) is 3.13. The molecule has 8 heteroatoms. The molecule has 1 aromatic carbocycles. The molecule has 2 N–H and O–H groups in total. The van der Waals surface area contributed by atoms with Crippen LogP contribution in [0.4, 0.5) is 0 Å². The van der Waals surface area contributed by atoms with Crippen molar-refractivity contribution >= 4 is 16.3 Å². The minimum absolute atomic E-state index is 0.0132. The molecule has 1 fully saturated rings. The van der Waals surface area contributed by atoms with Gasteiger partial charge < -0.3 is 14.9 Å². The molecule has 3 aromatic rings. The van der Waals surface area contributed by atoms with E-state index in [2.05, 4.69) is 15.3 Å². The number of ether oxygens (including phenoxy) is 1. The molecule has 0 amide bonds. The van der Waals surface area contributed by atoms with Crippen molar-refractivity contribution < 1.29 is 14.9 Å². The molecular weight excluding hydrogens is 292 g/mol. The van der Waals surface area contributed by atoms with Gasteiger partial charge in [0.1, 0.15) is 17.6 Å². The van der Waals surface area contributed by atoms with Crippen molar-refractivity contribution in [3.63, 3.8) is 0 Å². The molecule has 0 saturated carbocycles. The first-order valence-corrected chi connectivity index (χ1v) is 7.40. The number of rotatable bonds is 2. The summed E-state index contributed by atoms with van der Waals surface area (Å²) in [4.78, 5) is 0.656. The van der Waals surface area contributed by atoms with Crippen molar-refractivity contribution in [3.05, 3.63) is 24.0 Å². The van der Waals surface area contributed by atoms with Crippen molar-refractivity contribution in [1.82, 2.24) is 19.8 Å². The number of fused-ring (bicyclic) bond motifs is 1. The zero-order valence-corrected chi connectivity index (χ0v) is 11.7. The van der Waals surface area contributed by atoms with Crippen LogP contribution in [0.3, 0.4) is 0 Å². The average molecular weight is 304 g/mol. The molecule has 108 valence electrons. The number of aromatic nitrogens is 4. The van der Waals surface area contributed by atoms with Gasteiger partial charge in [-0.05, 0) is 25.0 Å². The number of phenolic OH excluding ortho intramolecular Hbond substituents is 2. The minimum atomic E-state index is -0.0663. The highest BCUT2D eigenvalue weighted by molar-refractivity contribution is 7.19. The van der Waals surface area contributed by atoms with E-state index in [1.54, 1.807) is 10.6 Å². The predicted octanol–water partition coefficient (Wildman–Crippen LogP) is 2.12. The van der Waals surface area contributed by atoms with Crippen LogP contribution in [0.1, 0.15) is 24.8 Å². The molecule has 2 aromatic heterocycles. The van der Waals surface area contributed by atoms with Crippen molar-refractivity contribution in [3.8, 4) is 22.1 Å². The number of benzene rings is 1. The van der Waals surface area contributed by atoms with Crippen molar-refractivity contribution in [2.45, 2.75) is 18.9 Å². The molecule has 1 unspecified atom stereocenters. The van der Waals surface area contributed by atoms with Crippen LogP contribution in [0.5, 0.6) is 11.5 Å². The minimum Gasteiger partial charge on any atom is -0.508 e. The third-order valence-electron chi connectivity index (χ3n) is 3.44. The van der Waals surface area contributed by atoms with Gasteiger partial charge in [0, 0.05) is 12.7 Å². The van der Waals surface area contributed by atoms with Gasteiger partial charge in [-0.2, -0.15) is 9.61 Å². The lowest BCUT2D eigenvalue weighted by Gasteiger charge is -2.04. The molecule has 0 spiro atoms. The highest BCUT2D eigenvalue weighted by Gasteiger charge is 2.25. The van der Waals surface area contributed by atoms with Crippen LogP contribution in [-0.4, -0.2) is 36.6 Å². The summed E-state index contributed by atoms with van der Waals surface area (Å²) in [6, 6.07) is 4.43. The quantitative estimate of drug-likeness (QED) is 0.753. The highest BCUT2D eigenvalue weighted by Crippen LogP contribution is 2.35. The molecule has 0 bridgehead atoms. The van der Waals surface area contributed by atoms with E-state index in [9.17, 15) is 10.2 Å². The SMILES string of the molecule is Oc1ccc(-c2nn3c(C4CCCO4)nnc3s2)c(O)c1. The molecule has 4 rings (SSSR count). The summed E-state index contributed by atoms with van der Waals surface area (Å²) in [5.74, 6) is 0.696. The van der Waals surface area contributed by atoms with E-state index < -0.39 is 0 Å². The summed E-state index contributed by atoms with van der Waals surface area (Å²) in [5, 5.41) is 32.6. The lowest BCUT2D eigenvalue weighted by molar-refractivity contribution is 0.103. The number of nitrogens with zero attached hydrogens (tertiary/aromatic N) is 4. The maximum atomic E-state index is 9.92. The van der Waals surface area contributed by atoms with Gasteiger partial charge in [0.05, 0.1) is 5.56 Å². The van der Waals surface area contributed by atoms with E-state index in [1.165, 1.54) is 23.5 Å². The Hall–Kier alpha value is -2.19. The summed E-state index contributed by atoms with van der Waals surface area (Å²) < 4.78 is 7.29. The van der Waals surface area contributed by atoms with Gasteiger partial charge in [0.25, 0.3) is 0 Å². The first-order chi connectivity index (χ1) is 10.2. The first kappa shape index (κ1) is 12.5. The van der Waals surface area contributed by atoms with Crippen molar-refractivity contribution in [2.75, 3.05) is 6.61 Å². The molecule has 1 aliphatic rings. The Balaban J connectivity index is 1.80. The number of hydrogen-bond acceptors (Lipinski definition) is 7. The summed E-state index contributed by atoms with van der Waals surface area (Å²) in [7, 11) is 0. The molecule has 7 nitrogen and oxygen atoms in total. The van der Waals surface area contributed by atoms with Crippen LogP contribution in [0.2, 0.25) is 0 Å². The normalized spacial score (nSPS) is 18.6. The van der Waals surface area contributed by atoms with Gasteiger partial charge in [-0.15, -0.1) is 10.2 Å². The summed E-state index contributed by atoms with van der Waals surface area (Å²) in [5.41, 5.74) is 0.557. The van der Waals surface area contributed by atoms with E-state index in [4.69, 9.17) is 4.74 Å². The van der Waals surface area contributed by atoms with Gasteiger partial charge in [0.15, 0.2) is 10.8 Å². The smallest absolute Gasteiger partial charge is 0.235 e. The largest absolute Gasteiger partial charge is 0.508 e. The Bertz CT molecular complexity index is 807. The van der Waals surface area contributed by atoms with Crippen molar-refractivity contribution in [2.24, 2.45) is 0 Å². The fourth-order valence-electron chi connectivity index (χ4n) is 2.42. The molecule has 1 atom stereocenters. The molecule has 1 saturated heterocycles. The Morgan fingerprint density at radius 3 is 2.95 bits per heavy atom. The van der Waals surface area contributed by atoms with E-state index >= 15 is 0 Å². The number of phenols is 2. The second-order valence-corrected chi connectivity index (χ2v) is 5.82. The lowest BCUT2D eigenvalue weighted by Crippen LogP contribution is -2.03. The highest BCUT2D eigenvalue weighted by atomic mass is 32.1. The Kier molecular flexibility index (Phi) is 2.79. The molecule has 1 aliphatic heterocycles. The maximum Gasteiger partial charge on any atom is 0.235 e. The predicted molar refractivity (Wildman–Crippen MR) is 75.4 cm³/mol. The maximum absolute atomic E-state index is 9.92. The third-order valence-corrected chi connectivity index (χ3v) is 4.38. The second-order valence-electron chi connectivity index (χ2n) is 4.86. The van der Waals surface area contributed by atoms with Crippen LogP contribution in [0, 0.1) is 0 Å². The van der Waals surface area contributed by atoms with Crippen molar-refractivity contribution in [1.29, 1.82) is 0 Å². The Morgan fingerprint density at radius 1 is 1.29 bits per heavy atom. The molecule has 0 aliphatic carbocycles. The lowest BCUT2D eigenvalue weighted by atomic mass is 10.2. The zero-order chi connectivity index (χ0) is 14.4. The number of aromatic hydroxyl groups is 2. The van der Waals surface area contributed by atoms with Gasteiger partial charge in [-0.3, -0.25) is 0 Å². The molecule has 0 radical (unpaired) electrons. The standard InChI is InChI=1S/C13H12N4O3S/c18-7-3-4-8(9(19)6-7)12-16-17-11(10-2-1-5-20-10)14-15-13(17)21-12/h3-4,6,10,18-19H,1-2,5H2. The van der Waals surface area contributed by atoms with Crippen LogP contribution in [-0.2, 0) is 4.74 Å².